The first kappa shape index (κ1) is 20.3. The Balaban J connectivity index is 1.52. The lowest BCUT2D eigenvalue weighted by atomic mass is 9.88. The average molecular weight is 451 g/mol. The predicted molar refractivity (Wildman–Crippen MR) is 118 cm³/mol. The highest BCUT2D eigenvalue weighted by molar-refractivity contribution is 6.34. The van der Waals surface area contributed by atoms with Crippen molar-refractivity contribution in [2.75, 3.05) is 0 Å². The van der Waals surface area contributed by atoms with E-state index in [1.165, 1.54) is 4.57 Å². The number of aryl methyl sites for hydroxylation is 1. The van der Waals surface area contributed by atoms with Crippen molar-refractivity contribution in [2.45, 2.75) is 25.3 Å². The normalized spacial score (nSPS) is 16.5. The molecule has 8 nitrogen and oxygen atoms in total. The fourth-order valence-electron chi connectivity index (χ4n) is 4.13. The monoisotopic (exact) mass is 450 g/mol. The van der Waals surface area contributed by atoms with Crippen LogP contribution in [0.5, 0.6) is 0 Å². The fourth-order valence-corrected chi connectivity index (χ4v) is 4.49. The van der Waals surface area contributed by atoms with Gasteiger partial charge in [-0.2, -0.15) is 0 Å². The van der Waals surface area contributed by atoms with E-state index < -0.39 is 11.7 Å². The quantitative estimate of drug-likeness (QED) is 0.481. The number of hydrogen-bond donors (Lipinski definition) is 1. The summed E-state index contributed by atoms with van der Waals surface area (Å²) in [6, 6.07) is 10.9. The number of nitrogens with one attached hydrogen (secondary N) is 1. The molecule has 0 spiro atoms. The molecule has 1 aliphatic heterocycles. The van der Waals surface area contributed by atoms with Gasteiger partial charge in [-0.05, 0) is 29.7 Å². The number of nitrogens with zero attached hydrogens (tertiary/aromatic N) is 3. The van der Waals surface area contributed by atoms with Crippen LogP contribution in [0.4, 0.5) is 0 Å². The summed E-state index contributed by atoms with van der Waals surface area (Å²) in [5.41, 5.74) is 3.99. The predicted octanol–water partition coefficient (Wildman–Crippen LogP) is 3.22. The number of aromatic nitrogens is 3. The van der Waals surface area contributed by atoms with Gasteiger partial charge < -0.3 is 8.98 Å². The Hall–Kier alpha value is -3.65. The van der Waals surface area contributed by atoms with Crippen LogP contribution in [-0.4, -0.2) is 25.9 Å². The zero-order chi connectivity index (χ0) is 22.4. The second-order valence-corrected chi connectivity index (χ2v) is 8.26. The number of carbonyl (C=O) groups excluding carboxylic acids is 2. The number of benzene rings is 2. The van der Waals surface area contributed by atoms with Crippen molar-refractivity contribution in [3.63, 3.8) is 0 Å². The topological polar surface area (TPSA) is 99.1 Å². The summed E-state index contributed by atoms with van der Waals surface area (Å²) in [6.45, 7) is 0.303. The number of oxazole rings is 1. The number of imidazole rings is 1. The van der Waals surface area contributed by atoms with E-state index in [-0.39, 0.29) is 18.2 Å². The minimum Gasteiger partial charge on any atom is -0.408 e. The molecule has 32 heavy (non-hydrogen) atoms. The molecule has 1 aliphatic rings. The van der Waals surface area contributed by atoms with Crippen molar-refractivity contribution in [1.29, 1.82) is 0 Å². The molecular weight excluding hydrogens is 432 g/mol. The van der Waals surface area contributed by atoms with Gasteiger partial charge in [0, 0.05) is 25.2 Å². The lowest BCUT2D eigenvalue weighted by molar-refractivity contribution is -0.134. The summed E-state index contributed by atoms with van der Waals surface area (Å²) in [5, 5.41) is 2.81. The van der Waals surface area contributed by atoms with E-state index in [0.717, 1.165) is 16.8 Å². The van der Waals surface area contributed by atoms with Crippen molar-refractivity contribution in [2.24, 2.45) is 7.05 Å². The van der Waals surface area contributed by atoms with E-state index >= 15 is 0 Å². The molecule has 0 saturated carbocycles. The van der Waals surface area contributed by atoms with E-state index in [2.05, 4.69) is 10.3 Å². The van der Waals surface area contributed by atoms with E-state index in [0.29, 0.717) is 34.7 Å². The summed E-state index contributed by atoms with van der Waals surface area (Å²) >= 11 is 6.70. The van der Waals surface area contributed by atoms with Gasteiger partial charge in [-0.1, -0.05) is 35.9 Å². The minimum atomic E-state index is -0.485. The van der Waals surface area contributed by atoms with Gasteiger partial charge in [0.15, 0.2) is 5.58 Å². The molecule has 9 heteroatoms. The van der Waals surface area contributed by atoms with Crippen LogP contribution in [0.1, 0.15) is 30.0 Å². The van der Waals surface area contributed by atoms with E-state index in [1.807, 2.05) is 42.1 Å². The van der Waals surface area contributed by atoms with Gasteiger partial charge in [0.25, 0.3) is 0 Å². The van der Waals surface area contributed by atoms with Crippen molar-refractivity contribution in [3.05, 3.63) is 75.8 Å². The molecule has 3 heterocycles. The Kier molecular flexibility index (Phi) is 4.94. The second kappa shape index (κ2) is 7.80. The maximum absolute atomic E-state index is 12.5. The average Bonchev–Trinajstić information content (AvgIpc) is 3.31. The SMILES string of the molecule is Cn1cnc(Cn2c(=O)oc3cc(-c4cccc(C5CCC(=O)NC5=O)c4Cl)ccc32)c1. The molecule has 0 aliphatic carbocycles. The van der Waals surface area contributed by atoms with Gasteiger partial charge >= 0.3 is 5.76 Å². The van der Waals surface area contributed by atoms with Gasteiger partial charge in [-0.3, -0.25) is 19.5 Å². The number of carbonyl (C=O) groups is 2. The van der Waals surface area contributed by atoms with E-state index in [9.17, 15) is 14.4 Å². The molecule has 0 bridgehead atoms. The highest BCUT2D eigenvalue weighted by Gasteiger charge is 2.30. The van der Waals surface area contributed by atoms with Gasteiger partial charge in [0.2, 0.25) is 11.8 Å². The molecule has 2 aromatic carbocycles. The molecule has 0 radical (unpaired) electrons. The molecular formula is C23H19ClN4O4. The van der Waals surface area contributed by atoms with Crippen LogP contribution in [0, 0.1) is 0 Å². The highest BCUT2D eigenvalue weighted by atomic mass is 35.5. The third-order valence-electron chi connectivity index (χ3n) is 5.70. The summed E-state index contributed by atoms with van der Waals surface area (Å²) in [6.07, 6.45) is 4.22. The van der Waals surface area contributed by atoms with Gasteiger partial charge in [-0.25, -0.2) is 9.78 Å². The van der Waals surface area contributed by atoms with E-state index in [1.54, 1.807) is 18.5 Å². The van der Waals surface area contributed by atoms with Crippen LogP contribution in [-0.2, 0) is 23.2 Å². The Morgan fingerprint density at radius 3 is 2.81 bits per heavy atom. The van der Waals surface area contributed by atoms with Crippen molar-refractivity contribution in [3.8, 4) is 11.1 Å². The van der Waals surface area contributed by atoms with Crippen LogP contribution in [0.3, 0.4) is 0 Å². The first-order valence-corrected chi connectivity index (χ1v) is 10.5. The Morgan fingerprint density at radius 1 is 1.22 bits per heavy atom. The maximum Gasteiger partial charge on any atom is 0.420 e. The highest BCUT2D eigenvalue weighted by Crippen LogP contribution is 2.37. The molecule has 4 aromatic rings. The van der Waals surface area contributed by atoms with Crippen molar-refractivity contribution < 1.29 is 14.0 Å². The summed E-state index contributed by atoms with van der Waals surface area (Å²) in [7, 11) is 1.87. The van der Waals surface area contributed by atoms with Gasteiger partial charge in [0.05, 0.1) is 35.0 Å². The number of amides is 2. The van der Waals surface area contributed by atoms with Gasteiger partial charge in [-0.15, -0.1) is 0 Å². The van der Waals surface area contributed by atoms with Crippen LogP contribution in [0.2, 0.25) is 5.02 Å². The number of hydrogen-bond acceptors (Lipinski definition) is 5. The lowest BCUT2D eigenvalue weighted by Crippen LogP contribution is -2.39. The Bertz CT molecular complexity index is 1430. The van der Waals surface area contributed by atoms with Crippen molar-refractivity contribution in [1.82, 2.24) is 19.4 Å². The Morgan fingerprint density at radius 2 is 2.06 bits per heavy atom. The fraction of sp³-hybridized carbons (Fsp3) is 0.217. The molecule has 5 rings (SSSR count). The summed E-state index contributed by atoms with van der Waals surface area (Å²) in [5.74, 6) is -1.56. The molecule has 1 fully saturated rings. The third kappa shape index (κ3) is 3.52. The number of piperidine rings is 1. The van der Waals surface area contributed by atoms with Crippen LogP contribution in [0.25, 0.3) is 22.2 Å². The number of imide groups is 1. The number of halogens is 1. The smallest absolute Gasteiger partial charge is 0.408 e. The summed E-state index contributed by atoms with van der Waals surface area (Å²) in [4.78, 5) is 40.5. The number of fused-ring (bicyclic) bond motifs is 1. The zero-order valence-corrected chi connectivity index (χ0v) is 17.9. The third-order valence-corrected chi connectivity index (χ3v) is 6.12. The molecule has 1 N–H and O–H groups in total. The lowest BCUT2D eigenvalue weighted by Gasteiger charge is -2.23. The molecule has 162 valence electrons. The molecule has 2 amide bonds. The van der Waals surface area contributed by atoms with E-state index in [4.69, 9.17) is 16.0 Å². The first-order valence-electron chi connectivity index (χ1n) is 10.1. The minimum absolute atomic E-state index is 0.269. The van der Waals surface area contributed by atoms with Crippen molar-refractivity contribution >= 4 is 34.5 Å². The molecule has 1 atom stereocenters. The first-order chi connectivity index (χ1) is 15.4. The van der Waals surface area contributed by atoms with Crippen LogP contribution < -0.4 is 11.1 Å². The summed E-state index contributed by atoms with van der Waals surface area (Å²) < 4.78 is 8.83. The van der Waals surface area contributed by atoms with Crippen LogP contribution in [0.15, 0.2) is 58.1 Å². The molecule has 2 aromatic heterocycles. The molecule has 1 saturated heterocycles. The number of rotatable bonds is 4. The maximum atomic E-state index is 12.5. The van der Waals surface area contributed by atoms with Crippen LogP contribution >= 0.6 is 11.6 Å². The zero-order valence-electron chi connectivity index (χ0n) is 17.2. The van der Waals surface area contributed by atoms with Gasteiger partial charge in [0.1, 0.15) is 0 Å². The Labute approximate surface area is 187 Å². The standard InChI is InChI=1S/C23H19ClN4O4/c1-27-10-14(25-12-27)11-28-18-7-5-13(9-19(18)32-23(28)31)15-3-2-4-16(21(15)24)17-6-8-20(29)26-22(17)30/h2-5,7,9-10,12,17H,6,8,11H2,1H3,(H,26,29,30). The largest absolute Gasteiger partial charge is 0.420 e. The second-order valence-electron chi connectivity index (χ2n) is 7.88. The molecule has 1 unspecified atom stereocenters.